The van der Waals surface area contributed by atoms with Gasteiger partial charge in [0.15, 0.2) is 0 Å². The third kappa shape index (κ3) is 7.59. The monoisotopic (exact) mass is 985 g/mol. The summed E-state index contributed by atoms with van der Waals surface area (Å²) in [4.78, 5) is 4.92. The van der Waals surface area contributed by atoms with Crippen LogP contribution in [0, 0.1) is 18.5 Å². The summed E-state index contributed by atoms with van der Waals surface area (Å²) in [5.41, 5.74) is 9.04. The quantitative estimate of drug-likeness (QED) is 0.101. The Hall–Kier alpha value is -6.81. The Morgan fingerprint density at radius 2 is 1.23 bits per heavy atom. The average Bonchev–Trinajstić information content (AvgIpc) is 3.82. The van der Waals surface area contributed by atoms with E-state index in [1.807, 2.05) is 85.1 Å². The number of fused-ring (bicyclic) bond motifs is 3. The standard InChI is InChI=1S/C56H44N4O.Pt/c1-55(2,42-19-10-6-11-20-42)44-23-16-24-46(35-44)58-31-32-59(39-58)47-33-41(40-17-8-5-9-18-40)34-49(37-47)61-48-27-28-51-50-25-14-15-26-52(50)60(53(51)38-48)54-36-45(29-30-57-54)56(3,4)43-21-12-7-13-22-43;/h5-36H,1-4H3;/q-2;/i31D,32D;. The Kier molecular flexibility index (Phi) is 10.2. The van der Waals surface area contributed by atoms with E-state index in [2.05, 4.69) is 148 Å². The van der Waals surface area contributed by atoms with Crippen LogP contribution in [-0.4, -0.2) is 14.1 Å². The van der Waals surface area contributed by atoms with Crippen molar-refractivity contribution in [2.45, 2.75) is 38.5 Å². The number of aromatic nitrogens is 4. The van der Waals surface area contributed by atoms with Gasteiger partial charge in [-0.05, 0) is 69.2 Å². The van der Waals surface area contributed by atoms with E-state index in [0.29, 0.717) is 17.2 Å². The van der Waals surface area contributed by atoms with Gasteiger partial charge in [0, 0.05) is 67.5 Å². The molecule has 10 aromatic rings. The number of imidazole rings is 1. The van der Waals surface area contributed by atoms with E-state index < -0.39 is 0 Å². The second kappa shape index (κ2) is 16.6. The fourth-order valence-corrected chi connectivity index (χ4v) is 8.28. The molecule has 0 saturated carbocycles. The molecule has 0 aliphatic rings. The van der Waals surface area contributed by atoms with Gasteiger partial charge in [0.2, 0.25) is 0 Å². The Labute approximate surface area is 380 Å². The van der Waals surface area contributed by atoms with Crippen molar-refractivity contribution < 1.29 is 33.1 Å². The molecule has 0 fully saturated rings. The molecule has 5 nitrogen and oxygen atoms in total. The van der Waals surface area contributed by atoms with Crippen LogP contribution in [-0.2, 0) is 31.9 Å². The Bertz CT molecular complexity index is 3290. The van der Waals surface area contributed by atoms with E-state index in [1.54, 1.807) is 9.13 Å². The molecule has 0 unspecified atom stereocenters. The van der Waals surface area contributed by atoms with E-state index in [1.165, 1.54) is 11.1 Å². The third-order valence-corrected chi connectivity index (χ3v) is 11.9. The summed E-state index contributed by atoms with van der Waals surface area (Å²) >= 11 is 0. The Balaban J connectivity index is 0.00000518. The minimum absolute atomic E-state index is 0. The molecule has 0 aliphatic carbocycles. The maximum Gasteiger partial charge on any atom is 0.267 e. The van der Waals surface area contributed by atoms with E-state index >= 15 is 0 Å². The van der Waals surface area contributed by atoms with Crippen molar-refractivity contribution in [1.82, 2.24) is 14.1 Å². The van der Waals surface area contributed by atoms with Gasteiger partial charge < -0.3 is 13.9 Å². The van der Waals surface area contributed by atoms with Crippen LogP contribution in [0.4, 0.5) is 0 Å². The molecule has 3 heterocycles. The minimum atomic E-state index is -0.287. The summed E-state index contributed by atoms with van der Waals surface area (Å²) in [6.45, 7) is 8.87. The van der Waals surface area contributed by atoms with E-state index in [0.717, 1.165) is 55.6 Å². The zero-order valence-electron chi connectivity index (χ0n) is 36.8. The summed E-state index contributed by atoms with van der Waals surface area (Å²) in [7, 11) is 0. The van der Waals surface area contributed by atoms with Crippen LogP contribution in [0.2, 0.25) is 0 Å². The summed E-state index contributed by atoms with van der Waals surface area (Å²) < 4.78 is 30.3. The van der Waals surface area contributed by atoms with Crippen LogP contribution in [0.1, 0.15) is 52.7 Å². The SMILES string of the molecule is [2H]c1c([2H])[n+](-c2cccc(C(C)(C)c3ccccc3)c2)[c-]n1-c1[c-]c(Oc2[c-]c3c(cc2)c2ccccc2n3-c2cc(C(C)(C)c3ccccc3)ccn2)cc(-c2ccccc2)c1.[Pt]. The number of hydrogen-bond acceptors (Lipinski definition) is 2. The maximum atomic E-state index is 9.18. The van der Waals surface area contributed by atoms with Crippen molar-refractivity contribution in [3.8, 4) is 39.8 Å². The number of rotatable bonds is 10. The number of pyridine rings is 1. The molecular formula is C56H44N4OPt-2. The first-order chi connectivity index (χ1) is 30.6. The molecule has 0 amide bonds. The molecule has 62 heavy (non-hydrogen) atoms. The number of para-hydroxylation sites is 1. The zero-order chi connectivity index (χ0) is 43.3. The largest absolute Gasteiger partial charge is 0.510 e. The summed E-state index contributed by atoms with van der Waals surface area (Å²) in [6.07, 6.45) is 5.17. The summed E-state index contributed by atoms with van der Waals surface area (Å²) in [5.74, 6) is 1.72. The van der Waals surface area contributed by atoms with Gasteiger partial charge in [0.1, 0.15) is 5.82 Å². The first-order valence-electron chi connectivity index (χ1n) is 21.5. The van der Waals surface area contributed by atoms with Crippen LogP contribution < -0.4 is 9.30 Å². The first-order valence-corrected chi connectivity index (χ1v) is 20.5. The molecule has 306 valence electrons. The molecule has 3 aromatic heterocycles. The summed E-state index contributed by atoms with van der Waals surface area (Å²) in [5, 5.41) is 2.12. The van der Waals surface area contributed by atoms with Crippen molar-refractivity contribution in [1.29, 1.82) is 0 Å². The zero-order valence-corrected chi connectivity index (χ0v) is 37.1. The van der Waals surface area contributed by atoms with Crippen molar-refractivity contribution >= 4 is 21.8 Å². The van der Waals surface area contributed by atoms with Gasteiger partial charge in [-0.15, -0.1) is 35.2 Å². The average molecular weight is 986 g/mol. The number of benzene rings is 7. The molecule has 0 spiro atoms. The van der Waals surface area contributed by atoms with Crippen LogP contribution in [0.3, 0.4) is 0 Å². The second-order valence-electron chi connectivity index (χ2n) is 16.5. The fraction of sp³-hybridized carbons (Fsp3) is 0.107. The second-order valence-corrected chi connectivity index (χ2v) is 16.5. The topological polar surface area (TPSA) is 35.9 Å². The molecule has 7 aromatic carbocycles. The van der Waals surface area contributed by atoms with E-state index in [4.69, 9.17) is 11.1 Å². The van der Waals surface area contributed by atoms with Crippen molar-refractivity contribution in [3.63, 3.8) is 0 Å². The first kappa shape index (κ1) is 38.1. The third-order valence-electron chi connectivity index (χ3n) is 11.9. The predicted octanol–water partition coefficient (Wildman–Crippen LogP) is 12.8. The van der Waals surface area contributed by atoms with Gasteiger partial charge in [-0.25, -0.2) is 4.98 Å². The van der Waals surface area contributed by atoms with Gasteiger partial charge in [-0.3, -0.25) is 4.57 Å². The normalized spacial score (nSPS) is 12.2. The van der Waals surface area contributed by atoms with Crippen LogP contribution in [0.25, 0.3) is 50.1 Å². The van der Waals surface area contributed by atoms with Crippen molar-refractivity contribution in [3.05, 3.63) is 235 Å². The molecule has 0 bridgehead atoms. The fourth-order valence-electron chi connectivity index (χ4n) is 8.28. The number of ether oxygens (including phenoxy) is 1. The van der Waals surface area contributed by atoms with Gasteiger partial charge in [-0.2, -0.15) is 12.1 Å². The Morgan fingerprint density at radius 1 is 0.581 bits per heavy atom. The smallest absolute Gasteiger partial charge is 0.267 e. The van der Waals surface area contributed by atoms with E-state index in [-0.39, 0.29) is 44.2 Å². The molecule has 0 saturated heterocycles. The van der Waals surface area contributed by atoms with Gasteiger partial charge in [-0.1, -0.05) is 155 Å². The number of nitrogens with zero attached hydrogens (tertiary/aromatic N) is 4. The van der Waals surface area contributed by atoms with E-state index in [9.17, 15) is 1.37 Å². The molecule has 10 rings (SSSR count). The van der Waals surface area contributed by atoms with Crippen LogP contribution in [0.5, 0.6) is 11.5 Å². The molecule has 0 atom stereocenters. The molecule has 0 radical (unpaired) electrons. The predicted molar refractivity (Wildman–Crippen MR) is 245 cm³/mol. The van der Waals surface area contributed by atoms with Crippen molar-refractivity contribution in [2.24, 2.45) is 0 Å². The van der Waals surface area contributed by atoms with Gasteiger partial charge in [0.05, 0.1) is 8.43 Å². The molecule has 0 N–H and O–H groups in total. The minimum Gasteiger partial charge on any atom is -0.510 e. The van der Waals surface area contributed by atoms with Crippen LogP contribution in [0.15, 0.2) is 194 Å². The van der Waals surface area contributed by atoms with Crippen LogP contribution >= 0.6 is 0 Å². The summed E-state index contributed by atoms with van der Waals surface area (Å²) in [6, 6.07) is 66.7. The molecule has 6 heteroatoms. The van der Waals surface area contributed by atoms with Crippen molar-refractivity contribution in [2.75, 3.05) is 0 Å². The molecular weight excluding hydrogens is 940 g/mol. The Morgan fingerprint density at radius 3 is 1.95 bits per heavy atom. The van der Waals surface area contributed by atoms with Gasteiger partial charge >= 0.3 is 0 Å². The maximum absolute atomic E-state index is 9.18. The number of hydrogen-bond donors (Lipinski definition) is 0. The van der Waals surface area contributed by atoms with Gasteiger partial charge in [0.25, 0.3) is 6.33 Å². The molecule has 0 aliphatic heterocycles.